The van der Waals surface area contributed by atoms with Gasteiger partial charge in [-0.1, -0.05) is 0 Å². The van der Waals surface area contributed by atoms with E-state index in [-0.39, 0.29) is 17.9 Å². The van der Waals surface area contributed by atoms with Crippen molar-refractivity contribution in [3.63, 3.8) is 0 Å². The number of ether oxygens (including phenoxy) is 2. The molecule has 1 aliphatic rings. The molecule has 0 atom stereocenters. The number of rotatable bonds is 7. The monoisotopic (exact) mass is 382 g/mol. The van der Waals surface area contributed by atoms with Crippen molar-refractivity contribution in [1.82, 2.24) is 5.32 Å². The Hall–Kier alpha value is -3.06. The van der Waals surface area contributed by atoms with Crippen LogP contribution in [0.1, 0.15) is 12.8 Å². The largest absolute Gasteiger partial charge is 0.496 e. The Balaban J connectivity index is 1.66. The second-order valence-electron chi connectivity index (χ2n) is 6.97. The Morgan fingerprint density at radius 3 is 2.68 bits per heavy atom. The lowest BCUT2D eigenvalue weighted by Gasteiger charge is -2.10. The van der Waals surface area contributed by atoms with Gasteiger partial charge < -0.3 is 24.5 Å². The van der Waals surface area contributed by atoms with E-state index in [1.165, 1.54) is 27.1 Å². The van der Waals surface area contributed by atoms with Gasteiger partial charge in [-0.05, 0) is 43.5 Å². The highest BCUT2D eigenvalue weighted by molar-refractivity contribution is 5.98. The van der Waals surface area contributed by atoms with Crippen LogP contribution in [0.2, 0.25) is 0 Å². The zero-order valence-electron chi connectivity index (χ0n) is 15.8. The Kier molecular flexibility index (Phi) is 4.92. The SMILES string of the molecule is COc1cc(OC)c2c(=O)c3cc(NC(=O)CNCC4CC4)ccc3oc2c1. The number of amides is 1. The first kappa shape index (κ1) is 18.3. The predicted octanol–water partition coefficient (Wildman–Crippen LogP) is 2.90. The summed E-state index contributed by atoms with van der Waals surface area (Å²) in [5.41, 5.74) is 1.14. The molecule has 0 spiro atoms. The fraction of sp³-hybridized carbons (Fsp3) is 0.333. The van der Waals surface area contributed by atoms with Gasteiger partial charge in [0.25, 0.3) is 0 Å². The Morgan fingerprint density at radius 1 is 1.14 bits per heavy atom. The van der Waals surface area contributed by atoms with E-state index in [2.05, 4.69) is 10.6 Å². The summed E-state index contributed by atoms with van der Waals surface area (Å²) in [7, 11) is 3.03. The fourth-order valence-electron chi connectivity index (χ4n) is 3.19. The summed E-state index contributed by atoms with van der Waals surface area (Å²) in [5, 5.41) is 6.68. The first-order valence-corrected chi connectivity index (χ1v) is 9.22. The maximum atomic E-state index is 13.1. The summed E-state index contributed by atoms with van der Waals surface area (Å²) >= 11 is 0. The number of carbonyl (C=O) groups excluding carboxylic acids is 1. The Morgan fingerprint density at radius 2 is 1.96 bits per heavy atom. The fourth-order valence-corrected chi connectivity index (χ4v) is 3.19. The molecule has 0 saturated heterocycles. The number of anilines is 1. The number of hydrogen-bond donors (Lipinski definition) is 2. The molecule has 2 N–H and O–H groups in total. The van der Waals surface area contributed by atoms with Gasteiger partial charge in [0.05, 0.1) is 26.2 Å². The van der Waals surface area contributed by atoms with Crippen molar-refractivity contribution in [3.05, 3.63) is 40.6 Å². The topological polar surface area (TPSA) is 89.8 Å². The molecule has 1 aliphatic carbocycles. The lowest BCUT2D eigenvalue weighted by molar-refractivity contribution is -0.115. The Labute approximate surface area is 161 Å². The third-order valence-corrected chi connectivity index (χ3v) is 4.87. The number of benzene rings is 2. The van der Waals surface area contributed by atoms with Crippen LogP contribution in [0.15, 0.2) is 39.5 Å². The standard InChI is InChI=1S/C21H22N2O5/c1-26-14-8-17(27-2)20-18(9-14)28-16-6-5-13(7-15(16)21(20)25)23-19(24)11-22-10-12-3-4-12/h5-9,12,22H,3-4,10-11H2,1-2H3,(H,23,24). The van der Waals surface area contributed by atoms with Crippen molar-refractivity contribution in [1.29, 1.82) is 0 Å². The van der Waals surface area contributed by atoms with Gasteiger partial charge in [-0.25, -0.2) is 0 Å². The van der Waals surface area contributed by atoms with Crippen molar-refractivity contribution >= 4 is 33.5 Å². The average molecular weight is 382 g/mol. The summed E-state index contributed by atoms with van der Waals surface area (Å²) in [6.45, 7) is 1.11. The van der Waals surface area contributed by atoms with Crippen LogP contribution in [0.25, 0.3) is 21.9 Å². The maximum Gasteiger partial charge on any atom is 0.238 e. The second kappa shape index (κ2) is 7.52. The molecule has 3 aromatic rings. The molecule has 28 heavy (non-hydrogen) atoms. The van der Waals surface area contributed by atoms with Crippen molar-refractivity contribution in [2.75, 3.05) is 32.6 Å². The molecule has 7 heteroatoms. The van der Waals surface area contributed by atoms with E-state index in [4.69, 9.17) is 13.9 Å². The van der Waals surface area contributed by atoms with Gasteiger partial charge >= 0.3 is 0 Å². The normalized spacial score (nSPS) is 13.6. The first-order chi connectivity index (χ1) is 13.6. The van der Waals surface area contributed by atoms with Crippen LogP contribution in [0, 0.1) is 5.92 Å². The van der Waals surface area contributed by atoms with Crippen LogP contribution in [0.4, 0.5) is 5.69 Å². The number of hydrogen-bond acceptors (Lipinski definition) is 6. The van der Waals surface area contributed by atoms with Gasteiger partial charge in [-0.15, -0.1) is 0 Å². The van der Waals surface area contributed by atoms with Gasteiger partial charge in [0, 0.05) is 17.8 Å². The second-order valence-corrected chi connectivity index (χ2v) is 6.97. The predicted molar refractivity (Wildman–Crippen MR) is 107 cm³/mol. The lowest BCUT2D eigenvalue weighted by Crippen LogP contribution is -2.29. The van der Waals surface area contributed by atoms with Crippen LogP contribution in [-0.4, -0.2) is 33.2 Å². The summed E-state index contributed by atoms with van der Waals surface area (Å²) in [5.74, 6) is 1.48. The molecule has 7 nitrogen and oxygen atoms in total. The minimum Gasteiger partial charge on any atom is -0.496 e. The minimum absolute atomic E-state index is 0.146. The van der Waals surface area contributed by atoms with Crippen molar-refractivity contribution in [2.45, 2.75) is 12.8 Å². The van der Waals surface area contributed by atoms with E-state index in [0.717, 1.165) is 6.54 Å². The highest BCUT2D eigenvalue weighted by Crippen LogP contribution is 2.31. The summed E-state index contributed by atoms with van der Waals surface area (Å²) in [4.78, 5) is 25.2. The maximum absolute atomic E-state index is 13.1. The molecule has 1 amide bonds. The molecule has 2 aromatic carbocycles. The molecule has 0 bridgehead atoms. The molecule has 1 heterocycles. The zero-order valence-corrected chi connectivity index (χ0v) is 15.8. The van der Waals surface area contributed by atoms with E-state index in [1.54, 1.807) is 30.3 Å². The number of fused-ring (bicyclic) bond motifs is 2. The first-order valence-electron chi connectivity index (χ1n) is 9.22. The lowest BCUT2D eigenvalue weighted by atomic mass is 10.1. The van der Waals surface area contributed by atoms with E-state index in [0.29, 0.717) is 45.0 Å². The van der Waals surface area contributed by atoms with Crippen LogP contribution in [0.5, 0.6) is 11.5 Å². The van der Waals surface area contributed by atoms with E-state index in [1.807, 2.05) is 0 Å². The molecular formula is C21H22N2O5. The third kappa shape index (κ3) is 3.66. The van der Waals surface area contributed by atoms with Gasteiger partial charge in [0.1, 0.15) is 28.1 Å². The average Bonchev–Trinajstić information content (AvgIpc) is 3.52. The van der Waals surface area contributed by atoms with Gasteiger partial charge in [0.2, 0.25) is 11.3 Å². The molecule has 1 saturated carbocycles. The molecule has 0 radical (unpaired) electrons. The third-order valence-electron chi connectivity index (χ3n) is 4.87. The highest BCUT2D eigenvalue weighted by Gasteiger charge is 2.20. The molecule has 0 unspecified atom stereocenters. The molecule has 1 fully saturated rings. The number of carbonyl (C=O) groups is 1. The summed E-state index contributed by atoms with van der Waals surface area (Å²) < 4.78 is 16.5. The highest BCUT2D eigenvalue weighted by atomic mass is 16.5. The van der Waals surface area contributed by atoms with Crippen LogP contribution in [0.3, 0.4) is 0 Å². The molecule has 4 rings (SSSR count). The van der Waals surface area contributed by atoms with Gasteiger partial charge in [-0.3, -0.25) is 9.59 Å². The van der Waals surface area contributed by atoms with Crippen LogP contribution < -0.4 is 25.5 Å². The summed E-state index contributed by atoms with van der Waals surface area (Å²) in [6, 6.07) is 8.31. The molecule has 0 aliphatic heterocycles. The van der Waals surface area contributed by atoms with E-state index in [9.17, 15) is 9.59 Å². The van der Waals surface area contributed by atoms with E-state index >= 15 is 0 Å². The smallest absolute Gasteiger partial charge is 0.238 e. The molecular weight excluding hydrogens is 360 g/mol. The Bertz CT molecular complexity index is 1100. The summed E-state index contributed by atoms with van der Waals surface area (Å²) in [6.07, 6.45) is 2.47. The van der Waals surface area contributed by atoms with Crippen molar-refractivity contribution in [3.8, 4) is 11.5 Å². The van der Waals surface area contributed by atoms with Gasteiger partial charge in [0.15, 0.2) is 0 Å². The minimum atomic E-state index is -0.223. The van der Waals surface area contributed by atoms with E-state index < -0.39 is 0 Å². The number of methoxy groups -OCH3 is 2. The van der Waals surface area contributed by atoms with Crippen LogP contribution >= 0.6 is 0 Å². The molecule has 146 valence electrons. The van der Waals surface area contributed by atoms with Crippen molar-refractivity contribution < 1.29 is 18.7 Å². The van der Waals surface area contributed by atoms with Crippen molar-refractivity contribution in [2.24, 2.45) is 5.92 Å². The quantitative estimate of drug-likeness (QED) is 0.611. The molecule has 1 aromatic heterocycles. The number of nitrogens with one attached hydrogen (secondary N) is 2. The van der Waals surface area contributed by atoms with Gasteiger partial charge in [-0.2, -0.15) is 0 Å². The van der Waals surface area contributed by atoms with Crippen LogP contribution in [-0.2, 0) is 4.79 Å². The zero-order chi connectivity index (χ0) is 19.7.